The van der Waals surface area contributed by atoms with E-state index in [4.69, 9.17) is 5.26 Å². The van der Waals surface area contributed by atoms with Crippen molar-refractivity contribution >= 4 is 5.69 Å². The van der Waals surface area contributed by atoms with Crippen LogP contribution in [0.2, 0.25) is 0 Å². The summed E-state index contributed by atoms with van der Waals surface area (Å²) >= 11 is 0. The summed E-state index contributed by atoms with van der Waals surface area (Å²) in [6.45, 7) is 5.02. The van der Waals surface area contributed by atoms with Gasteiger partial charge in [0.25, 0.3) is 0 Å². The smallest absolute Gasteiger partial charge is 0.101 e. The molecule has 0 saturated carbocycles. The highest BCUT2D eigenvalue weighted by molar-refractivity contribution is 5.63. The lowest BCUT2D eigenvalue weighted by Crippen LogP contribution is -2.18. The van der Waals surface area contributed by atoms with Crippen molar-refractivity contribution in [3.63, 3.8) is 0 Å². The van der Waals surface area contributed by atoms with Gasteiger partial charge in [0.2, 0.25) is 0 Å². The van der Waals surface area contributed by atoms with Crippen LogP contribution in [0, 0.1) is 18.3 Å². The predicted octanol–water partition coefficient (Wildman–Crippen LogP) is 2.32. The average Bonchev–Trinajstić information content (AvgIpc) is 2.16. The first-order valence-corrected chi connectivity index (χ1v) is 4.41. The Morgan fingerprint density at radius 2 is 2.15 bits per heavy atom. The van der Waals surface area contributed by atoms with Crippen molar-refractivity contribution in [3.8, 4) is 6.07 Å². The Labute approximate surface area is 79.4 Å². The van der Waals surface area contributed by atoms with Gasteiger partial charge in [-0.15, -0.1) is 0 Å². The molecule has 0 spiro atoms. The summed E-state index contributed by atoms with van der Waals surface area (Å²) in [6, 6.07) is 8.01. The molecule has 0 aliphatic carbocycles. The molecule has 0 N–H and O–H groups in total. The average molecular weight is 174 g/mol. The molecule has 2 heteroatoms. The van der Waals surface area contributed by atoms with Crippen molar-refractivity contribution < 1.29 is 0 Å². The maximum atomic E-state index is 8.91. The van der Waals surface area contributed by atoms with Crippen molar-refractivity contribution in [3.05, 3.63) is 29.3 Å². The van der Waals surface area contributed by atoms with Gasteiger partial charge < -0.3 is 4.90 Å². The lowest BCUT2D eigenvalue weighted by molar-refractivity contribution is 0.958. The van der Waals surface area contributed by atoms with Gasteiger partial charge >= 0.3 is 0 Å². The quantitative estimate of drug-likeness (QED) is 0.688. The predicted molar refractivity (Wildman–Crippen MR) is 54.8 cm³/mol. The van der Waals surface area contributed by atoms with Gasteiger partial charge in [-0.25, -0.2) is 0 Å². The molecule has 0 aliphatic rings. The summed E-state index contributed by atoms with van der Waals surface area (Å²) in [6.07, 6.45) is 0. The third-order valence-electron chi connectivity index (χ3n) is 2.21. The fourth-order valence-electron chi connectivity index (χ4n) is 1.41. The molecule has 0 bridgehead atoms. The molecule has 2 nitrogen and oxygen atoms in total. The number of aryl methyl sites for hydroxylation is 1. The van der Waals surface area contributed by atoms with E-state index < -0.39 is 0 Å². The Bertz CT molecular complexity index is 336. The molecule has 0 heterocycles. The number of nitriles is 1. The monoisotopic (exact) mass is 174 g/mol. The topological polar surface area (TPSA) is 27.0 Å². The lowest BCUT2D eigenvalue weighted by atomic mass is 10.1. The molecule has 0 fully saturated rings. The second kappa shape index (κ2) is 3.95. The van der Waals surface area contributed by atoms with E-state index >= 15 is 0 Å². The van der Waals surface area contributed by atoms with E-state index in [0.717, 1.165) is 23.4 Å². The Kier molecular flexibility index (Phi) is 2.92. The van der Waals surface area contributed by atoms with Gasteiger partial charge in [-0.05, 0) is 25.5 Å². The van der Waals surface area contributed by atoms with Gasteiger partial charge in [0.05, 0.1) is 11.3 Å². The second-order valence-electron chi connectivity index (χ2n) is 3.10. The van der Waals surface area contributed by atoms with Crippen LogP contribution in [0.15, 0.2) is 18.2 Å². The number of para-hydroxylation sites is 1. The maximum Gasteiger partial charge on any atom is 0.101 e. The van der Waals surface area contributed by atoms with E-state index in [1.54, 1.807) is 0 Å². The molecule has 0 aromatic heterocycles. The number of rotatable bonds is 2. The van der Waals surface area contributed by atoms with Crippen molar-refractivity contribution in [1.82, 2.24) is 0 Å². The largest absolute Gasteiger partial charge is 0.374 e. The van der Waals surface area contributed by atoms with Crippen molar-refractivity contribution in [2.24, 2.45) is 0 Å². The van der Waals surface area contributed by atoms with Gasteiger partial charge in [-0.1, -0.05) is 12.1 Å². The van der Waals surface area contributed by atoms with Gasteiger partial charge in [-0.3, -0.25) is 0 Å². The van der Waals surface area contributed by atoms with Crippen LogP contribution in [0.5, 0.6) is 0 Å². The normalized spacial score (nSPS) is 9.38. The van der Waals surface area contributed by atoms with Crippen molar-refractivity contribution in [1.29, 1.82) is 5.26 Å². The third-order valence-corrected chi connectivity index (χ3v) is 2.21. The Morgan fingerprint density at radius 3 is 2.69 bits per heavy atom. The number of benzene rings is 1. The standard InChI is InChI=1S/C11H14N2/c1-4-13(3)11-9(2)6-5-7-10(11)8-12/h5-7H,4H2,1-3H3. The summed E-state index contributed by atoms with van der Waals surface area (Å²) in [7, 11) is 2.00. The van der Waals surface area contributed by atoms with E-state index in [2.05, 4.69) is 17.9 Å². The summed E-state index contributed by atoms with van der Waals surface area (Å²) in [5.74, 6) is 0. The van der Waals surface area contributed by atoms with Crippen LogP contribution in [0.3, 0.4) is 0 Å². The molecular weight excluding hydrogens is 160 g/mol. The summed E-state index contributed by atoms with van der Waals surface area (Å²) in [4.78, 5) is 2.09. The lowest BCUT2D eigenvalue weighted by Gasteiger charge is -2.20. The number of nitrogens with zero attached hydrogens (tertiary/aromatic N) is 2. The van der Waals surface area contributed by atoms with Crippen LogP contribution in [0.4, 0.5) is 5.69 Å². The SMILES string of the molecule is CCN(C)c1c(C)cccc1C#N. The summed E-state index contributed by atoms with van der Waals surface area (Å²) in [5, 5.41) is 8.91. The number of anilines is 1. The Hall–Kier alpha value is -1.49. The van der Waals surface area contributed by atoms with E-state index in [-0.39, 0.29) is 0 Å². The fourth-order valence-corrected chi connectivity index (χ4v) is 1.41. The second-order valence-corrected chi connectivity index (χ2v) is 3.10. The molecule has 68 valence electrons. The zero-order valence-electron chi connectivity index (χ0n) is 8.33. The van der Waals surface area contributed by atoms with Crippen LogP contribution in [0.25, 0.3) is 0 Å². The first kappa shape index (κ1) is 9.60. The van der Waals surface area contributed by atoms with Crippen LogP contribution in [0.1, 0.15) is 18.1 Å². The number of hydrogen-bond acceptors (Lipinski definition) is 2. The molecule has 0 amide bonds. The molecule has 13 heavy (non-hydrogen) atoms. The first-order valence-electron chi connectivity index (χ1n) is 4.41. The minimum absolute atomic E-state index is 0.754. The Morgan fingerprint density at radius 1 is 1.46 bits per heavy atom. The molecular formula is C11H14N2. The van der Waals surface area contributed by atoms with Crippen LogP contribution >= 0.6 is 0 Å². The molecule has 1 aromatic carbocycles. The summed E-state index contributed by atoms with van der Waals surface area (Å²) < 4.78 is 0. The Balaban J connectivity index is 3.24. The molecule has 1 aromatic rings. The van der Waals surface area contributed by atoms with E-state index in [1.807, 2.05) is 32.2 Å². The van der Waals surface area contributed by atoms with Gasteiger partial charge in [0, 0.05) is 13.6 Å². The fraction of sp³-hybridized carbons (Fsp3) is 0.364. The van der Waals surface area contributed by atoms with E-state index in [0.29, 0.717) is 0 Å². The van der Waals surface area contributed by atoms with Crippen molar-refractivity contribution in [2.75, 3.05) is 18.5 Å². The van der Waals surface area contributed by atoms with Gasteiger partial charge in [0.15, 0.2) is 0 Å². The van der Waals surface area contributed by atoms with Crippen LogP contribution in [-0.2, 0) is 0 Å². The molecule has 0 radical (unpaired) electrons. The molecule has 1 rings (SSSR count). The van der Waals surface area contributed by atoms with Crippen LogP contribution < -0.4 is 4.90 Å². The minimum Gasteiger partial charge on any atom is -0.374 e. The molecule has 0 unspecified atom stereocenters. The zero-order chi connectivity index (χ0) is 9.84. The minimum atomic E-state index is 0.754. The maximum absolute atomic E-state index is 8.91. The van der Waals surface area contributed by atoms with E-state index in [9.17, 15) is 0 Å². The van der Waals surface area contributed by atoms with Gasteiger partial charge in [0.1, 0.15) is 6.07 Å². The van der Waals surface area contributed by atoms with Crippen LogP contribution in [-0.4, -0.2) is 13.6 Å². The first-order chi connectivity index (χ1) is 6.20. The van der Waals surface area contributed by atoms with Crippen molar-refractivity contribution in [2.45, 2.75) is 13.8 Å². The highest BCUT2D eigenvalue weighted by Gasteiger charge is 2.07. The molecule has 0 saturated heterocycles. The molecule has 0 aliphatic heterocycles. The highest BCUT2D eigenvalue weighted by Crippen LogP contribution is 2.22. The summed E-state index contributed by atoms with van der Waals surface area (Å²) in [5.41, 5.74) is 2.96. The highest BCUT2D eigenvalue weighted by atomic mass is 15.1. The van der Waals surface area contributed by atoms with Gasteiger partial charge in [-0.2, -0.15) is 5.26 Å². The third kappa shape index (κ3) is 1.81. The van der Waals surface area contributed by atoms with E-state index in [1.165, 1.54) is 0 Å². The number of hydrogen-bond donors (Lipinski definition) is 0. The molecule has 0 atom stereocenters. The zero-order valence-corrected chi connectivity index (χ0v) is 8.33.